The third-order valence-electron chi connectivity index (χ3n) is 4.88. The minimum absolute atomic E-state index is 0.226. The average Bonchev–Trinajstić information content (AvgIpc) is 3.45. The summed E-state index contributed by atoms with van der Waals surface area (Å²) in [6.45, 7) is 3.02. The molecule has 3 rings (SSSR count). The van der Waals surface area contributed by atoms with Crippen molar-refractivity contribution < 1.29 is 18.6 Å². The third kappa shape index (κ3) is 6.71. The monoisotopic (exact) mass is 401 g/mol. The minimum Gasteiger partial charge on any atom is -0.493 e. The molecular weight excluding hydrogens is 370 g/mol. The Labute approximate surface area is 172 Å². The van der Waals surface area contributed by atoms with Crippen LogP contribution in [0.2, 0.25) is 0 Å². The molecule has 0 bridgehead atoms. The van der Waals surface area contributed by atoms with Crippen molar-refractivity contribution in [2.75, 3.05) is 40.5 Å². The molecule has 1 aliphatic heterocycles. The van der Waals surface area contributed by atoms with Gasteiger partial charge in [-0.1, -0.05) is 6.07 Å². The van der Waals surface area contributed by atoms with Gasteiger partial charge in [0.2, 0.25) is 0 Å². The summed E-state index contributed by atoms with van der Waals surface area (Å²) in [6.07, 6.45) is 5.78. The molecule has 0 spiro atoms. The van der Waals surface area contributed by atoms with Crippen LogP contribution in [0.4, 0.5) is 0 Å². The van der Waals surface area contributed by atoms with Crippen molar-refractivity contribution in [2.45, 2.75) is 31.8 Å². The van der Waals surface area contributed by atoms with E-state index in [0.29, 0.717) is 6.54 Å². The van der Waals surface area contributed by atoms with Gasteiger partial charge in [-0.15, -0.1) is 0 Å². The first-order valence-electron chi connectivity index (χ1n) is 10.2. The average molecular weight is 402 g/mol. The fourth-order valence-corrected chi connectivity index (χ4v) is 3.28. The lowest BCUT2D eigenvalue weighted by atomic mass is 10.1. The number of nitrogens with zero attached hydrogens (tertiary/aromatic N) is 1. The summed E-state index contributed by atoms with van der Waals surface area (Å²) in [7, 11) is 3.29. The van der Waals surface area contributed by atoms with E-state index in [0.717, 1.165) is 68.6 Å². The van der Waals surface area contributed by atoms with E-state index in [1.165, 1.54) is 5.56 Å². The Morgan fingerprint density at radius 1 is 1.10 bits per heavy atom. The van der Waals surface area contributed by atoms with Gasteiger partial charge in [0.15, 0.2) is 17.5 Å². The van der Waals surface area contributed by atoms with Crippen molar-refractivity contribution in [1.82, 2.24) is 10.6 Å². The quantitative estimate of drug-likeness (QED) is 0.471. The second-order valence-electron chi connectivity index (χ2n) is 6.95. The van der Waals surface area contributed by atoms with Crippen LogP contribution in [0.15, 0.2) is 46.0 Å². The summed E-state index contributed by atoms with van der Waals surface area (Å²) in [5.41, 5.74) is 1.17. The number of furan rings is 1. The van der Waals surface area contributed by atoms with Crippen LogP contribution in [0.25, 0.3) is 0 Å². The van der Waals surface area contributed by atoms with E-state index in [-0.39, 0.29) is 6.10 Å². The van der Waals surface area contributed by atoms with E-state index in [4.69, 9.17) is 23.6 Å². The molecule has 1 fully saturated rings. The van der Waals surface area contributed by atoms with Crippen LogP contribution in [0.1, 0.15) is 24.2 Å². The number of aliphatic imine (C=N–C) groups is 1. The number of guanidine groups is 1. The molecule has 1 aliphatic rings. The number of benzene rings is 1. The molecule has 2 heterocycles. The van der Waals surface area contributed by atoms with E-state index in [1.807, 2.05) is 24.3 Å². The van der Waals surface area contributed by atoms with Gasteiger partial charge in [0.05, 0.1) is 33.1 Å². The van der Waals surface area contributed by atoms with Gasteiger partial charge in [-0.05, 0) is 49.1 Å². The first-order chi connectivity index (χ1) is 14.3. The van der Waals surface area contributed by atoms with Crippen LogP contribution >= 0.6 is 0 Å². The lowest BCUT2D eigenvalue weighted by Gasteiger charge is -2.14. The Kier molecular flexibility index (Phi) is 8.25. The van der Waals surface area contributed by atoms with Crippen LogP contribution < -0.4 is 20.1 Å². The molecular formula is C22H31N3O4. The Balaban J connectivity index is 1.51. The van der Waals surface area contributed by atoms with Crippen LogP contribution in [-0.2, 0) is 17.6 Å². The first-order valence-corrected chi connectivity index (χ1v) is 10.2. The maximum Gasteiger partial charge on any atom is 0.191 e. The van der Waals surface area contributed by atoms with Crippen molar-refractivity contribution >= 4 is 5.96 Å². The predicted molar refractivity (Wildman–Crippen MR) is 113 cm³/mol. The molecule has 0 radical (unpaired) electrons. The van der Waals surface area contributed by atoms with E-state index in [1.54, 1.807) is 20.5 Å². The summed E-state index contributed by atoms with van der Waals surface area (Å²) in [5, 5.41) is 6.81. The number of ether oxygens (including phenoxy) is 3. The second-order valence-corrected chi connectivity index (χ2v) is 6.95. The zero-order valence-corrected chi connectivity index (χ0v) is 17.3. The Morgan fingerprint density at radius 3 is 2.62 bits per heavy atom. The van der Waals surface area contributed by atoms with Crippen molar-refractivity contribution in [2.24, 2.45) is 4.99 Å². The zero-order chi connectivity index (χ0) is 20.3. The number of hydrogen-bond acceptors (Lipinski definition) is 5. The van der Waals surface area contributed by atoms with E-state index in [9.17, 15) is 0 Å². The number of nitrogens with one attached hydrogen (secondary N) is 2. The van der Waals surface area contributed by atoms with Gasteiger partial charge in [0.25, 0.3) is 0 Å². The molecule has 158 valence electrons. The van der Waals surface area contributed by atoms with Crippen molar-refractivity contribution in [1.29, 1.82) is 0 Å². The Hall–Kier alpha value is -2.67. The summed E-state index contributed by atoms with van der Waals surface area (Å²) in [5.74, 6) is 3.24. The van der Waals surface area contributed by atoms with Gasteiger partial charge in [0, 0.05) is 26.1 Å². The molecule has 0 saturated carbocycles. The highest BCUT2D eigenvalue weighted by Gasteiger charge is 2.15. The molecule has 0 aliphatic carbocycles. The van der Waals surface area contributed by atoms with Crippen molar-refractivity contribution in [3.8, 4) is 11.5 Å². The topological polar surface area (TPSA) is 77.2 Å². The van der Waals surface area contributed by atoms with Gasteiger partial charge in [0.1, 0.15) is 5.76 Å². The molecule has 2 aromatic rings. The molecule has 1 aromatic carbocycles. The number of rotatable bonds is 10. The summed E-state index contributed by atoms with van der Waals surface area (Å²) >= 11 is 0. The van der Waals surface area contributed by atoms with E-state index < -0.39 is 0 Å². The van der Waals surface area contributed by atoms with Crippen LogP contribution in [0, 0.1) is 0 Å². The molecule has 2 N–H and O–H groups in total. The third-order valence-corrected chi connectivity index (χ3v) is 4.88. The van der Waals surface area contributed by atoms with Gasteiger partial charge in [-0.25, -0.2) is 0 Å². The van der Waals surface area contributed by atoms with Crippen LogP contribution in [0.3, 0.4) is 0 Å². The fourth-order valence-electron chi connectivity index (χ4n) is 3.28. The first kappa shape index (κ1) is 21.0. The molecule has 7 heteroatoms. The van der Waals surface area contributed by atoms with Crippen molar-refractivity contribution in [3.05, 3.63) is 47.9 Å². The highest BCUT2D eigenvalue weighted by molar-refractivity contribution is 5.79. The highest BCUT2D eigenvalue weighted by atomic mass is 16.5. The Morgan fingerprint density at radius 2 is 1.93 bits per heavy atom. The molecule has 7 nitrogen and oxygen atoms in total. The van der Waals surface area contributed by atoms with Crippen LogP contribution in [0.5, 0.6) is 11.5 Å². The molecule has 1 saturated heterocycles. The molecule has 1 aromatic heterocycles. The van der Waals surface area contributed by atoms with Crippen molar-refractivity contribution in [3.63, 3.8) is 0 Å². The van der Waals surface area contributed by atoms with Gasteiger partial charge in [-0.2, -0.15) is 0 Å². The zero-order valence-electron chi connectivity index (χ0n) is 17.3. The summed E-state index contributed by atoms with van der Waals surface area (Å²) in [6, 6.07) is 9.88. The van der Waals surface area contributed by atoms with Gasteiger partial charge < -0.3 is 29.3 Å². The Bertz CT molecular complexity index is 755. The largest absolute Gasteiger partial charge is 0.493 e. The van der Waals surface area contributed by atoms with Gasteiger partial charge >= 0.3 is 0 Å². The lowest BCUT2D eigenvalue weighted by molar-refractivity contribution is 0.117. The SMILES string of the molecule is COc1ccc(CCNC(=NCC2CCCO2)NCCc2ccco2)cc1OC. The second kappa shape index (κ2) is 11.4. The van der Waals surface area contributed by atoms with E-state index >= 15 is 0 Å². The maximum absolute atomic E-state index is 5.68. The summed E-state index contributed by atoms with van der Waals surface area (Å²) < 4.78 is 21.8. The molecule has 1 atom stereocenters. The van der Waals surface area contributed by atoms with Gasteiger partial charge in [-0.3, -0.25) is 4.99 Å². The normalized spacial score (nSPS) is 16.6. The van der Waals surface area contributed by atoms with Crippen LogP contribution in [-0.4, -0.2) is 52.5 Å². The lowest BCUT2D eigenvalue weighted by Crippen LogP contribution is -2.40. The summed E-state index contributed by atoms with van der Waals surface area (Å²) in [4.78, 5) is 4.71. The standard InChI is InChI=1S/C22H31N3O4/c1-26-20-8-7-17(15-21(20)27-2)9-11-23-22(25-16-19-6-4-14-29-19)24-12-10-18-5-3-13-28-18/h3,5,7-8,13,15,19H,4,6,9-12,14,16H2,1-2H3,(H2,23,24,25). The number of methoxy groups -OCH3 is 2. The molecule has 1 unspecified atom stereocenters. The number of hydrogen-bond donors (Lipinski definition) is 2. The fraction of sp³-hybridized carbons (Fsp3) is 0.500. The minimum atomic E-state index is 0.226. The maximum atomic E-state index is 5.68. The molecule has 29 heavy (non-hydrogen) atoms. The predicted octanol–water partition coefficient (Wildman–Crippen LogP) is 2.80. The molecule has 0 amide bonds. The van der Waals surface area contributed by atoms with E-state index in [2.05, 4.69) is 16.7 Å². The smallest absolute Gasteiger partial charge is 0.191 e. The highest BCUT2D eigenvalue weighted by Crippen LogP contribution is 2.27.